The zero-order valence-electron chi connectivity index (χ0n) is 17.2. The average Bonchev–Trinajstić information content (AvgIpc) is 2.67. The van der Waals surface area contributed by atoms with E-state index in [1.54, 1.807) is 24.5 Å². The molecule has 1 aromatic heterocycles. The summed E-state index contributed by atoms with van der Waals surface area (Å²) in [6, 6.07) is 3.40. The Bertz CT molecular complexity index is 464. The summed E-state index contributed by atoms with van der Waals surface area (Å²) in [7, 11) is 0. The summed E-state index contributed by atoms with van der Waals surface area (Å²) in [5.41, 5.74) is 0. The molecule has 0 saturated carbocycles. The van der Waals surface area contributed by atoms with Gasteiger partial charge in [0, 0.05) is 18.8 Å². The van der Waals surface area contributed by atoms with Gasteiger partial charge in [0.05, 0.1) is 6.10 Å². The first-order valence-electron chi connectivity index (χ1n) is 11.0. The molecule has 0 aromatic carbocycles. The fraction of sp³-hybridized carbons (Fsp3) is 0.739. The molecule has 0 aliphatic carbocycles. The molecule has 0 radical (unpaired) electrons. The van der Waals surface area contributed by atoms with E-state index in [9.17, 15) is 9.90 Å². The first-order valence-corrected chi connectivity index (χ1v) is 11.0. The first-order chi connectivity index (χ1) is 13.2. The quantitative estimate of drug-likeness (QED) is 0.259. The van der Waals surface area contributed by atoms with Gasteiger partial charge in [0.2, 0.25) is 0 Å². The van der Waals surface area contributed by atoms with Gasteiger partial charge in [-0.1, -0.05) is 77.6 Å². The molecule has 1 heterocycles. The number of aliphatic hydroxyl groups is 1. The summed E-state index contributed by atoms with van der Waals surface area (Å²) in [5.74, 6) is 0.413. The van der Waals surface area contributed by atoms with Gasteiger partial charge in [0.15, 0.2) is 0 Å². The van der Waals surface area contributed by atoms with E-state index in [0.717, 1.165) is 32.1 Å². The Morgan fingerprint density at radius 2 is 1.41 bits per heavy atom. The standard InChI is InChI=1S/C23H39NO3/c1-2-3-4-11-14-21(25)15-12-9-7-5-6-8-10-13-16-23(26)27-22-17-19-24-20-18-22/h17-21,25H,2-16H2,1H3. The molecule has 1 N–H and O–H groups in total. The molecule has 0 aliphatic heterocycles. The van der Waals surface area contributed by atoms with Crippen LogP contribution in [0.4, 0.5) is 0 Å². The predicted octanol–water partition coefficient (Wildman–Crippen LogP) is 6.22. The summed E-state index contributed by atoms with van der Waals surface area (Å²) in [4.78, 5) is 15.6. The third-order valence-electron chi connectivity index (χ3n) is 4.94. The molecule has 0 bridgehead atoms. The molecule has 0 fully saturated rings. The highest BCUT2D eigenvalue weighted by atomic mass is 16.5. The van der Waals surface area contributed by atoms with Crippen LogP contribution < -0.4 is 4.74 Å². The third-order valence-corrected chi connectivity index (χ3v) is 4.94. The number of ether oxygens (including phenoxy) is 1. The van der Waals surface area contributed by atoms with E-state index in [4.69, 9.17) is 4.74 Å². The second-order valence-corrected chi connectivity index (χ2v) is 7.53. The highest BCUT2D eigenvalue weighted by Gasteiger charge is 2.05. The van der Waals surface area contributed by atoms with Crippen LogP contribution >= 0.6 is 0 Å². The van der Waals surface area contributed by atoms with E-state index in [2.05, 4.69) is 11.9 Å². The number of esters is 1. The van der Waals surface area contributed by atoms with Crippen molar-refractivity contribution in [3.8, 4) is 5.75 Å². The molecule has 154 valence electrons. The van der Waals surface area contributed by atoms with E-state index in [1.165, 1.54) is 57.8 Å². The second kappa shape index (κ2) is 16.7. The lowest BCUT2D eigenvalue weighted by molar-refractivity contribution is -0.134. The lowest BCUT2D eigenvalue weighted by Gasteiger charge is -2.10. The summed E-state index contributed by atoms with van der Waals surface area (Å²) in [6.45, 7) is 2.22. The van der Waals surface area contributed by atoms with Crippen LogP contribution in [0.5, 0.6) is 5.75 Å². The van der Waals surface area contributed by atoms with Crippen molar-refractivity contribution >= 4 is 5.97 Å². The van der Waals surface area contributed by atoms with Crippen molar-refractivity contribution in [2.75, 3.05) is 0 Å². The number of nitrogens with zero attached hydrogens (tertiary/aromatic N) is 1. The van der Waals surface area contributed by atoms with Gasteiger partial charge in [-0.05, 0) is 31.4 Å². The Balaban J connectivity index is 1.83. The molecule has 1 unspecified atom stereocenters. The molecule has 4 nitrogen and oxygen atoms in total. The van der Waals surface area contributed by atoms with E-state index in [1.807, 2.05) is 0 Å². The highest BCUT2D eigenvalue weighted by molar-refractivity contribution is 5.72. The minimum Gasteiger partial charge on any atom is -0.426 e. The molecule has 1 rings (SSSR count). The highest BCUT2D eigenvalue weighted by Crippen LogP contribution is 2.15. The van der Waals surface area contributed by atoms with Crippen molar-refractivity contribution in [2.24, 2.45) is 0 Å². The van der Waals surface area contributed by atoms with Crippen molar-refractivity contribution in [1.82, 2.24) is 4.98 Å². The summed E-state index contributed by atoms with van der Waals surface area (Å²) < 4.78 is 5.24. The van der Waals surface area contributed by atoms with Gasteiger partial charge in [-0.2, -0.15) is 0 Å². The van der Waals surface area contributed by atoms with Crippen LogP contribution in [-0.4, -0.2) is 22.2 Å². The normalized spacial score (nSPS) is 12.1. The number of rotatable bonds is 17. The second-order valence-electron chi connectivity index (χ2n) is 7.53. The maximum Gasteiger partial charge on any atom is 0.311 e. The van der Waals surface area contributed by atoms with E-state index < -0.39 is 0 Å². The van der Waals surface area contributed by atoms with Gasteiger partial charge in [0.25, 0.3) is 0 Å². The van der Waals surface area contributed by atoms with Crippen LogP contribution in [0, 0.1) is 0 Å². The number of pyridine rings is 1. The lowest BCUT2D eigenvalue weighted by Crippen LogP contribution is -2.07. The Labute approximate surface area is 165 Å². The van der Waals surface area contributed by atoms with Gasteiger partial charge >= 0.3 is 5.97 Å². The Hall–Kier alpha value is -1.42. The van der Waals surface area contributed by atoms with Gasteiger partial charge in [-0.15, -0.1) is 0 Å². The van der Waals surface area contributed by atoms with Gasteiger partial charge in [0.1, 0.15) is 5.75 Å². The van der Waals surface area contributed by atoms with Crippen LogP contribution in [0.3, 0.4) is 0 Å². The largest absolute Gasteiger partial charge is 0.426 e. The average molecular weight is 378 g/mol. The Kier molecular flexibility index (Phi) is 14.6. The topological polar surface area (TPSA) is 59.4 Å². The van der Waals surface area contributed by atoms with Gasteiger partial charge in [-0.25, -0.2) is 0 Å². The van der Waals surface area contributed by atoms with E-state index >= 15 is 0 Å². The van der Waals surface area contributed by atoms with Crippen molar-refractivity contribution in [2.45, 2.75) is 109 Å². The number of hydrogen-bond acceptors (Lipinski definition) is 4. The van der Waals surface area contributed by atoms with Crippen LogP contribution in [-0.2, 0) is 4.79 Å². The zero-order chi connectivity index (χ0) is 19.6. The molecule has 1 atom stereocenters. The van der Waals surface area contributed by atoms with Crippen LogP contribution in [0.25, 0.3) is 0 Å². The van der Waals surface area contributed by atoms with Crippen LogP contribution in [0.2, 0.25) is 0 Å². The van der Waals surface area contributed by atoms with Crippen molar-refractivity contribution in [3.63, 3.8) is 0 Å². The number of aliphatic hydroxyl groups excluding tert-OH is 1. The zero-order valence-corrected chi connectivity index (χ0v) is 17.2. The van der Waals surface area contributed by atoms with Crippen LogP contribution in [0.1, 0.15) is 103 Å². The van der Waals surface area contributed by atoms with Crippen molar-refractivity contribution in [3.05, 3.63) is 24.5 Å². The molecule has 0 amide bonds. The van der Waals surface area contributed by atoms with E-state index in [0.29, 0.717) is 12.2 Å². The molecule has 1 aromatic rings. The maximum atomic E-state index is 11.7. The number of carbonyl (C=O) groups excluding carboxylic acids is 1. The monoisotopic (exact) mass is 377 g/mol. The molecular weight excluding hydrogens is 338 g/mol. The summed E-state index contributed by atoms with van der Waals surface area (Å²) in [5, 5.41) is 9.95. The minimum atomic E-state index is -0.158. The SMILES string of the molecule is CCCCCCC(O)CCCCCCCCCCC(=O)Oc1ccncc1. The van der Waals surface area contributed by atoms with Crippen molar-refractivity contribution < 1.29 is 14.6 Å². The number of carbonyl (C=O) groups is 1. The Morgan fingerprint density at radius 3 is 2.00 bits per heavy atom. The molecular formula is C23H39NO3. The van der Waals surface area contributed by atoms with Gasteiger partial charge in [-0.3, -0.25) is 9.78 Å². The summed E-state index contributed by atoms with van der Waals surface area (Å²) in [6.07, 6.45) is 19.8. The first kappa shape index (κ1) is 23.6. The fourth-order valence-corrected chi connectivity index (χ4v) is 3.25. The molecule has 27 heavy (non-hydrogen) atoms. The molecule has 4 heteroatoms. The number of hydrogen-bond donors (Lipinski definition) is 1. The van der Waals surface area contributed by atoms with Crippen molar-refractivity contribution in [1.29, 1.82) is 0 Å². The minimum absolute atomic E-state index is 0.0891. The fourth-order valence-electron chi connectivity index (χ4n) is 3.25. The molecule has 0 saturated heterocycles. The predicted molar refractivity (Wildman–Crippen MR) is 111 cm³/mol. The Morgan fingerprint density at radius 1 is 0.889 bits per heavy atom. The molecule has 0 aliphatic rings. The number of unbranched alkanes of at least 4 members (excludes halogenated alkanes) is 10. The third kappa shape index (κ3) is 14.3. The smallest absolute Gasteiger partial charge is 0.311 e. The lowest BCUT2D eigenvalue weighted by atomic mass is 10.0. The molecule has 0 spiro atoms. The van der Waals surface area contributed by atoms with E-state index in [-0.39, 0.29) is 12.1 Å². The van der Waals surface area contributed by atoms with Crippen LogP contribution in [0.15, 0.2) is 24.5 Å². The summed E-state index contributed by atoms with van der Waals surface area (Å²) >= 11 is 0. The van der Waals surface area contributed by atoms with Gasteiger partial charge < -0.3 is 9.84 Å². The number of aromatic nitrogens is 1. The maximum absolute atomic E-state index is 11.7.